The average molecular weight is 407 g/mol. The summed E-state index contributed by atoms with van der Waals surface area (Å²) in [5, 5.41) is 5.31. The number of benzene rings is 1. The number of aromatic amines is 1. The first-order valence-electron chi connectivity index (χ1n) is 9.65. The summed E-state index contributed by atoms with van der Waals surface area (Å²) in [5.41, 5.74) is 3.45. The molecule has 1 aromatic carbocycles. The van der Waals surface area contributed by atoms with Crippen LogP contribution < -0.4 is 0 Å². The molecule has 158 valence electrons. The molecule has 1 N–H and O–H groups in total. The summed E-state index contributed by atoms with van der Waals surface area (Å²) in [4.78, 5) is 10.7. The zero-order valence-electron chi connectivity index (χ0n) is 18.5. The van der Waals surface area contributed by atoms with E-state index in [1.807, 2.05) is 68.6 Å². The van der Waals surface area contributed by atoms with E-state index in [1.54, 1.807) is 18.7 Å². The summed E-state index contributed by atoms with van der Waals surface area (Å²) in [6.07, 6.45) is 11.2. The lowest BCUT2D eigenvalue weighted by Crippen LogP contribution is -1.87. The first-order chi connectivity index (χ1) is 14.3. The van der Waals surface area contributed by atoms with Crippen molar-refractivity contribution in [3.05, 3.63) is 90.6 Å². The van der Waals surface area contributed by atoms with E-state index in [-0.39, 0.29) is 0 Å². The Labute approximate surface area is 177 Å². The first-order valence-corrected chi connectivity index (χ1v) is 9.65. The van der Waals surface area contributed by atoms with Crippen molar-refractivity contribution in [3.63, 3.8) is 0 Å². The summed E-state index contributed by atoms with van der Waals surface area (Å²) in [6.45, 7) is 7.73. The number of imidazole rings is 1. The van der Waals surface area contributed by atoms with Gasteiger partial charge in [0.15, 0.2) is 5.89 Å². The molecule has 4 heterocycles. The Morgan fingerprint density at radius 3 is 2.13 bits per heavy atom. The third-order valence-corrected chi connectivity index (χ3v) is 4.00. The Hall–Kier alpha value is -3.61. The first kappa shape index (κ1) is 22.7. The smallest absolute Gasteiger partial charge is 0.191 e. The topological polar surface area (TPSA) is 77.5 Å². The molecule has 5 aromatic rings. The molecule has 0 aliphatic heterocycles. The van der Waals surface area contributed by atoms with Crippen molar-refractivity contribution in [2.24, 2.45) is 14.1 Å². The third kappa shape index (κ3) is 7.79. The Balaban J connectivity index is 0.000000146. The number of H-pyrrole nitrogens is 1. The predicted octanol–water partition coefficient (Wildman–Crippen LogP) is 4.92. The second-order valence-corrected chi connectivity index (χ2v) is 6.86. The molecule has 0 unspecified atom stereocenters. The maximum Gasteiger partial charge on any atom is 0.191 e. The molecule has 7 nitrogen and oxygen atoms in total. The standard InChI is InChI=1S/C8H8N2.C6H9N.C5H7NO.C4H6N2/c1-10-8-5-3-2-4-7(8)6-9-10;1-6-3-4-7(2)5-6;1-4-3-7-5(2)6-4;1-4-5-2-3-6-4/h2-6H,1H3;3-5H,1-2H3;3H,1-2H3;2-3H,1H3,(H,5,6). The van der Waals surface area contributed by atoms with Crippen LogP contribution >= 0.6 is 0 Å². The molecule has 0 amide bonds. The van der Waals surface area contributed by atoms with Crippen molar-refractivity contribution in [3.8, 4) is 0 Å². The van der Waals surface area contributed by atoms with Crippen molar-refractivity contribution in [2.45, 2.75) is 27.7 Å². The number of aromatic nitrogens is 6. The molecule has 0 atom stereocenters. The normalized spacial score (nSPS) is 9.67. The van der Waals surface area contributed by atoms with Gasteiger partial charge < -0.3 is 14.0 Å². The van der Waals surface area contributed by atoms with E-state index in [1.165, 1.54) is 16.5 Å². The number of hydrogen-bond donors (Lipinski definition) is 1. The maximum atomic E-state index is 4.85. The molecule has 0 fully saturated rings. The monoisotopic (exact) mass is 406 g/mol. The molecule has 0 bridgehead atoms. The molecular formula is C23H30N6O. The van der Waals surface area contributed by atoms with Gasteiger partial charge in [-0.1, -0.05) is 18.2 Å². The van der Waals surface area contributed by atoms with Gasteiger partial charge in [-0.05, 0) is 38.5 Å². The summed E-state index contributed by atoms with van der Waals surface area (Å²) >= 11 is 0. The molecule has 0 spiro atoms. The molecule has 5 rings (SSSR count). The van der Waals surface area contributed by atoms with Crippen molar-refractivity contribution in [2.75, 3.05) is 0 Å². The number of rotatable bonds is 0. The Morgan fingerprint density at radius 2 is 1.77 bits per heavy atom. The number of nitrogens with zero attached hydrogens (tertiary/aromatic N) is 5. The van der Waals surface area contributed by atoms with Crippen LogP contribution in [-0.4, -0.2) is 29.3 Å². The summed E-state index contributed by atoms with van der Waals surface area (Å²) in [7, 11) is 3.97. The molecule has 30 heavy (non-hydrogen) atoms. The van der Waals surface area contributed by atoms with E-state index < -0.39 is 0 Å². The van der Waals surface area contributed by atoms with Gasteiger partial charge in [0.05, 0.1) is 17.4 Å². The average Bonchev–Trinajstić information content (AvgIpc) is 3.50. The lowest BCUT2D eigenvalue weighted by Gasteiger charge is -1.90. The molecule has 0 radical (unpaired) electrons. The van der Waals surface area contributed by atoms with Crippen LogP contribution in [0.4, 0.5) is 0 Å². The van der Waals surface area contributed by atoms with Gasteiger partial charge in [0.25, 0.3) is 0 Å². The maximum absolute atomic E-state index is 4.85. The highest BCUT2D eigenvalue weighted by molar-refractivity contribution is 5.78. The third-order valence-electron chi connectivity index (χ3n) is 4.00. The summed E-state index contributed by atoms with van der Waals surface area (Å²) in [6, 6.07) is 10.2. The molecule has 4 aromatic heterocycles. The predicted molar refractivity (Wildman–Crippen MR) is 120 cm³/mol. The lowest BCUT2D eigenvalue weighted by molar-refractivity contribution is 0.521. The van der Waals surface area contributed by atoms with Crippen LogP contribution in [0.3, 0.4) is 0 Å². The zero-order chi connectivity index (χ0) is 21.9. The molecule has 0 saturated carbocycles. The van der Waals surface area contributed by atoms with Crippen LogP contribution in [0.5, 0.6) is 0 Å². The number of hydrogen-bond acceptors (Lipinski definition) is 4. The molecule has 0 aliphatic carbocycles. The van der Waals surface area contributed by atoms with Gasteiger partial charge >= 0.3 is 0 Å². The highest BCUT2D eigenvalue weighted by Crippen LogP contribution is 2.10. The summed E-state index contributed by atoms with van der Waals surface area (Å²) in [5.74, 6) is 1.70. The fraction of sp³-hybridized carbons (Fsp3) is 0.261. The van der Waals surface area contributed by atoms with E-state index in [0.717, 1.165) is 17.4 Å². The number of oxazole rings is 1. The molecule has 7 heteroatoms. The minimum atomic E-state index is 0.734. The Morgan fingerprint density at radius 1 is 1.00 bits per heavy atom. The minimum Gasteiger partial charge on any atom is -0.449 e. The van der Waals surface area contributed by atoms with Crippen molar-refractivity contribution >= 4 is 10.9 Å². The lowest BCUT2D eigenvalue weighted by atomic mass is 10.3. The van der Waals surface area contributed by atoms with Gasteiger partial charge in [-0.2, -0.15) is 5.10 Å². The quantitative estimate of drug-likeness (QED) is 0.396. The largest absolute Gasteiger partial charge is 0.449 e. The van der Waals surface area contributed by atoms with E-state index in [4.69, 9.17) is 4.42 Å². The number of aryl methyl sites for hydroxylation is 6. The van der Waals surface area contributed by atoms with Crippen LogP contribution in [0.1, 0.15) is 23.0 Å². The van der Waals surface area contributed by atoms with Crippen LogP contribution in [0.15, 0.2) is 72.0 Å². The van der Waals surface area contributed by atoms with Crippen molar-refractivity contribution in [1.29, 1.82) is 0 Å². The second-order valence-electron chi connectivity index (χ2n) is 6.86. The minimum absolute atomic E-state index is 0.734. The van der Waals surface area contributed by atoms with E-state index in [2.05, 4.69) is 51.4 Å². The van der Waals surface area contributed by atoms with Crippen LogP contribution in [0, 0.1) is 27.7 Å². The molecule has 0 saturated heterocycles. The van der Waals surface area contributed by atoms with Gasteiger partial charge in [0.1, 0.15) is 12.1 Å². The highest BCUT2D eigenvalue weighted by Gasteiger charge is 1.93. The fourth-order valence-corrected chi connectivity index (χ4v) is 2.56. The van der Waals surface area contributed by atoms with Crippen LogP contribution in [0.25, 0.3) is 10.9 Å². The number of fused-ring (bicyclic) bond motifs is 1. The van der Waals surface area contributed by atoms with Crippen LogP contribution in [0.2, 0.25) is 0 Å². The van der Waals surface area contributed by atoms with Crippen molar-refractivity contribution in [1.82, 2.24) is 29.3 Å². The van der Waals surface area contributed by atoms with Crippen LogP contribution in [-0.2, 0) is 14.1 Å². The zero-order valence-corrected chi connectivity index (χ0v) is 18.5. The highest BCUT2D eigenvalue weighted by atomic mass is 16.3. The number of nitrogens with one attached hydrogen (secondary N) is 1. The van der Waals surface area contributed by atoms with Gasteiger partial charge in [-0.25, -0.2) is 9.97 Å². The molecular weight excluding hydrogens is 376 g/mol. The fourth-order valence-electron chi connectivity index (χ4n) is 2.56. The van der Waals surface area contributed by atoms with E-state index in [9.17, 15) is 0 Å². The Kier molecular flexibility index (Phi) is 8.62. The van der Waals surface area contributed by atoms with E-state index >= 15 is 0 Å². The summed E-state index contributed by atoms with van der Waals surface area (Å²) < 4.78 is 8.76. The van der Waals surface area contributed by atoms with E-state index in [0.29, 0.717) is 0 Å². The van der Waals surface area contributed by atoms with Crippen molar-refractivity contribution < 1.29 is 4.42 Å². The van der Waals surface area contributed by atoms with Gasteiger partial charge in [0, 0.05) is 51.2 Å². The van der Waals surface area contributed by atoms with Gasteiger partial charge in [0.2, 0.25) is 0 Å². The van der Waals surface area contributed by atoms with Gasteiger partial charge in [-0.15, -0.1) is 0 Å². The Bertz CT molecular complexity index is 1050. The number of para-hydroxylation sites is 1. The second kappa shape index (κ2) is 11.4. The molecule has 0 aliphatic rings. The van der Waals surface area contributed by atoms with Gasteiger partial charge in [-0.3, -0.25) is 4.68 Å². The SMILES string of the molecule is Cc1ccn(C)c1.Cc1coc(C)n1.Cc1ncc[nH]1.Cn1ncc2ccccc21.